The van der Waals surface area contributed by atoms with Gasteiger partial charge in [0.1, 0.15) is 0 Å². The molecule has 1 N–H and O–H groups in total. The Kier molecular flexibility index (Phi) is 2.32. The number of aliphatic hydroxyl groups is 1. The van der Waals surface area contributed by atoms with E-state index in [0.717, 1.165) is 18.5 Å². The Morgan fingerprint density at radius 2 is 1.84 bits per heavy atom. The minimum atomic E-state index is -0.421. The van der Waals surface area contributed by atoms with E-state index in [1.165, 1.54) is 22.3 Å². The zero-order valence-corrected chi connectivity index (χ0v) is 11.0. The van der Waals surface area contributed by atoms with Crippen LogP contribution in [0.15, 0.2) is 42.5 Å². The van der Waals surface area contributed by atoms with Gasteiger partial charge in [-0.2, -0.15) is 0 Å². The first-order valence-electron chi connectivity index (χ1n) is 6.87. The average molecular weight is 251 g/mol. The lowest BCUT2D eigenvalue weighted by molar-refractivity contribution is 0.0545. The molecule has 0 spiro atoms. The fourth-order valence-electron chi connectivity index (χ4n) is 3.64. The van der Waals surface area contributed by atoms with E-state index in [4.69, 9.17) is 0 Å². The van der Waals surface area contributed by atoms with Crippen molar-refractivity contribution in [2.45, 2.75) is 18.6 Å². The summed E-state index contributed by atoms with van der Waals surface area (Å²) in [5, 5.41) is 10.8. The van der Waals surface area contributed by atoms with Gasteiger partial charge in [0.25, 0.3) is 0 Å². The summed E-state index contributed by atoms with van der Waals surface area (Å²) in [4.78, 5) is 2.28. The summed E-state index contributed by atoms with van der Waals surface area (Å²) >= 11 is 0. The molecular formula is C17H17NO. The molecule has 0 bridgehead atoms. The Morgan fingerprint density at radius 1 is 1.05 bits per heavy atom. The number of fused-ring (bicyclic) bond motifs is 2. The van der Waals surface area contributed by atoms with E-state index in [9.17, 15) is 5.11 Å². The Balaban J connectivity index is 2.06. The van der Waals surface area contributed by atoms with E-state index < -0.39 is 6.10 Å². The minimum absolute atomic E-state index is 0.106. The molecule has 2 aromatic carbocycles. The molecule has 4 rings (SSSR count). The summed E-state index contributed by atoms with van der Waals surface area (Å²) in [5.41, 5.74) is 6.29. The number of rotatable bonds is 0. The van der Waals surface area contributed by atoms with Crippen molar-refractivity contribution in [2.24, 2.45) is 0 Å². The van der Waals surface area contributed by atoms with Gasteiger partial charge in [-0.25, -0.2) is 0 Å². The van der Waals surface area contributed by atoms with E-state index in [2.05, 4.69) is 48.3 Å². The van der Waals surface area contributed by atoms with Crippen LogP contribution in [0.25, 0.3) is 11.1 Å². The Bertz CT molecular complexity index is 649. The summed E-state index contributed by atoms with van der Waals surface area (Å²) in [6.07, 6.45) is 0.653. The third-order valence-corrected chi connectivity index (χ3v) is 4.57. The molecule has 2 unspecified atom stereocenters. The van der Waals surface area contributed by atoms with Crippen molar-refractivity contribution in [3.8, 4) is 11.1 Å². The van der Waals surface area contributed by atoms with Crippen molar-refractivity contribution >= 4 is 0 Å². The van der Waals surface area contributed by atoms with Crippen molar-refractivity contribution in [1.82, 2.24) is 4.90 Å². The van der Waals surface area contributed by atoms with Crippen LogP contribution in [0.5, 0.6) is 0 Å². The Morgan fingerprint density at radius 3 is 2.74 bits per heavy atom. The predicted octanol–water partition coefficient (Wildman–Crippen LogP) is 2.93. The van der Waals surface area contributed by atoms with Crippen LogP contribution in [0.4, 0.5) is 0 Å². The molecule has 2 aliphatic rings. The summed E-state index contributed by atoms with van der Waals surface area (Å²) in [5.74, 6) is 0. The molecule has 2 atom stereocenters. The lowest BCUT2D eigenvalue weighted by atomic mass is 9.76. The maximum atomic E-state index is 10.8. The highest BCUT2D eigenvalue weighted by molar-refractivity contribution is 5.76. The van der Waals surface area contributed by atoms with Crippen LogP contribution in [0, 0.1) is 0 Å². The number of hydrogen-bond acceptors (Lipinski definition) is 2. The standard InChI is InChI=1S/C17H17NO/c1-18-10-9-11-5-4-8-13-12-6-2-3-7-14(12)17(19)16(18)15(11)13/h2-8,16-17,19H,9-10H2,1H3. The lowest BCUT2D eigenvalue weighted by Crippen LogP contribution is -2.38. The van der Waals surface area contributed by atoms with Gasteiger partial charge in [0.2, 0.25) is 0 Å². The molecule has 96 valence electrons. The molecular weight excluding hydrogens is 234 g/mol. The van der Waals surface area contributed by atoms with Gasteiger partial charge in [-0.1, -0.05) is 42.5 Å². The minimum Gasteiger partial charge on any atom is -0.386 e. The molecule has 0 saturated heterocycles. The van der Waals surface area contributed by atoms with Crippen LogP contribution < -0.4 is 0 Å². The largest absolute Gasteiger partial charge is 0.386 e. The van der Waals surface area contributed by atoms with Crippen LogP contribution in [0.2, 0.25) is 0 Å². The molecule has 0 aromatic heterocycles. The smallest absolute Gasteiger partial charge is 0.0993 e. The summed E-state index contributed by atoms with van der Waals surface area (Å²) in [6.45, 7) is 1.01. The van der Waals surface area contributed by atoms with Gasteiger partial charge in [0, 0.05) is 6.54 Å². The van der Waals surface area contributed by atoms with Crippen molar-refractivity contribution in [3.05, 3.63) is 59.2 Å². The fourth-order valence-corrected chi connectivity index (χ4v) is 3.64. The second kappa shape index (κ2) is 3.92. The SMILES string of the molecule is CN1CCc2cccc3c2C1C(O)c1ccccc1-3. The Labute approximate surface area is 113 Å². The zero-order valence-electron chi connectivity index (χ0n) is 11.0. The van der Waals surface area contributed by atoms with Crippen molar-refractivity contribution < 1.29 is 5.11 Å². The van der Waals surface area contributed by atoms with Crippen LogP contribution in [-0.2, 0) is 6.42 Å². The van der Waals surface area contributed by atoms with Gasteiger partial charge in [0.15, 0.2) is 0 Å². The summed E-state index contributed by atoms with van der Waals surface area (Å²) in [6, 6.07) is 14.9. The predicted molar refractivity (Wildman–Crippen MR) is 75.9 cm³/mol. The number of hydrogen-bond donors (Lipinski definition) is 1. The van der Waals surface area contributed by atoms with Gasteiger partial charge in [-0.15, -0.1) is 0 Å². The van der Waals surface area contributed by atoms with Gasteiger partial charge in [-0.3, -0.25) is 4.90 Å². The second-order valence-electron chi connectivity index (χ2n) is 5.59. The van der Waals surface area contributed by atoms with Gasteiger partial charge in [-0.05, 0) is 41.3 Å². The van der Waals surface area contributed by atoms with Crippen LogP contribution in [0.3, 0.4) is 0 Å². The van der Waals surface area contributed by atoms with Gasteiger partial charge in [0.05, 0.1) is 12.1 Å². The molecule has 2 aromatic rings. The van der Waals surface area contributed by atoms with E-state index in [0.29, 0.717) is 0 Å². The van der Waals surface area contributed by atoms with E-state index in [1.807, 2.05) is 6.07 Å². The fraction of sp³-hybridized carbons (Fsp3) is 0.294. The molecule has 19 heavy (non-hydrogen) atoms. The molecule has 1 heterocycles. The first-order chi connectivity index (χ1) is 9.27. The topological polar surface area (TPSA) is 23.5 Å². The molecule has 1 aliphatic carbocycles. The highest BCUT2D eigenvalue weighted by atomic mass is 16.3. The highest BCUT2D eigenvalue weighted by Gasteiger charge is 2.38. The first-order valence-corrected chi connectivity index (χ1v) is 6.87. The van der Waals surface area contributed by atoms with Crippen LogP contribution >= 0.6 is 0 Å². The van der Waals surface area contributed by atoms with E-state index >= 15 is 0 Å². The molecule has 2 heteroatoms. The summed E-state index contributed by atoms with van der Waals surface area (Å²) in [7, 11) is 2.11. The molecule has 2 nitrogen and oxygen atoms in total. The molecule has 0 fully saturated rings. The lowest BCUT2D eigenvalue weighted by Gasteiger charge is -2.42. The Hall–Kier alpha value is -1.64. The third-order valence-electron chi connectivity index (χ3n) is 4.57. The molecule has 0 amide bonds. The first kappa shape index (κ1) is 11.2. The van der Waals surface area contributed by atoms with E-state index in [1.54, 1.807) is 0 Å². The van der Waals surface area contributed by atoms with E-state index in [-0.39, 0.29) is 6.04 Å². The monoisotopic (exact) mass is 251 g/mol. The third kappa shape index (κ3) is 1.44. The number of benzene rings is 2. The highest BCUT2D eigenvalue weighted by Crippen LogP contribution is 2.49. The number of aliphatic hydroxyl groups excluding tert-OH is 1. The van der Waals surface area contributed by atoms with Gasteiger partial charge >= 0.3 is 0 Å². The maximum absolute atomic E-state index is 10.8. The molecule has 0 radical (unpaired) electrons. The quantitative estimate of drug-likeness (QED) is 0.778. The van der Waals surface area contributed by atoms with Crippen LogP contribution in [-0.4, -0.2) is 23.6 Å². The van der Waals surface area contributed by atoms with Crippen molar-refractivity contribution in [1.29, 1.82) is 0 Å². The normalized spacial score (nSPS) is 24.7. The number of nitrogens with zero attached hydrogens (tertiary/aromatic N) is 1. The average Bonchev–Trinajstić information content (AvgIpc) is 2.45. The van der Waals surface area contributed by atoms with Crippen LogP contribution in [0.1, 0.15) is 28.8 Å². The number of likely N-dealkylation sites (N-methyl/N-ethyl adjacent to an activating group) is 1. The molecule has 0 saturated carbocycles. The maximum Gasteiger partial charge on any atom is 0.0993 e. The van der Waals surface area contributed by atoms with Crippen molar-refractivity contribution in [3.63, 3.8) is 0 Å². The second-order valence-corrected chi connectivity index (χ2v) is 5.59. The van der Waals surface area contributed by atoms with Crippen molar-refractivity contribution in [2.75, 3.05) is 13.6 Å². The molecule has 1 aliphatic heterocycles. The van der Waals surface area contributed by atoms with Gasteiger partial charge < -0.3 is 5.11 Å². The zero-order chi connectivity index (χ0) is 13.0. The summed E-state index contributed by atoms with van der Waals surface area (Å²) < 4.78 is 0.